The first-order valence-corrected chi connectivity index (χ1v) is 9.02. The zero-order valence-electron chi connectivity index (χ0n) is 14.3. The highest BCUT2D eigenvalue weighted by atomic mass is 32.2. The fourth-order valence-electron chi connectivity index (χ4n) is 2.37. The second-order valence-electron chi connectivity index (χ2n) is 6.03. The summed E-state index contributed by atoms with van der Waals surface area (Å²) in [4.78, 5) is 12.3. The van der Waals surface area contributed by atoms with Crippen LogP contribution in [0.1, 0.15) is 61.4 Å². The van der Waals surface area contributed by atoms with Gasteiger partial charge in [-0.15, -0.1) is 10.2 Å². The second kappa shape index (κ2) is 7.64. The van der Waals surface area contributed by atoms with Crippen molar-refractivity contribution in [1.29, 1.82) is 0 Å². The SMILES string of the molecule is CSc1nnc(CNC(=O)c2ccc(C(C)C)cc2)n1C(C)C. The maximum absolute atomic E-state index is 12.3. The quantitative estimate of drug-likeness (QED) is 0.821. The molecule has 1 N–H and O–H groups in total. The molecular weight excluding hydrogens is 308 g/mol. The first kappa shape index (κ1) is 17.5. The predicted octanol–water partition coefficient (Wildman–Crippen LogP) is 3.63. The molecule has 2 rings (SSSR count). The number of carbonyl (C=O) groups excluding carboxylic acids is 1. The zero-order valence-corrected chi connectivity index (χ0v) is 15.1. The summed E-state index contributed by atoms with van der Waals surface area (Å²) in [6, 6.07) is 7.99. The third-order valence-corrected chi connectivity index (χ3v) is 4.32. The van der Waals surface area contributed by atoms with E-state index in [4.69, 9.17) is 0 Å². The summed E-state index contributed by atoms with van der Waals surface area (Å²) in [5.74, 6) is 1.14. The molecule has 0 radical (unpaired) electrons. The Morgan fingerprint density at radius 3 is 2.35 bits per heavy atom. The Hall–Kier alpha value is -1.82. The van der Waals surface area contributed by atoms with Gasteiger partial charge in [0.2, 0.25) is 0 Å². The minimum absolute atomic E-state index is 0.0932. The van der Waals surface area contributed by atoms with E-state index in [1.54, 1.807) is 11.8 Å². The molecule has 1 heterocycles. The zero-order chi connectivity index (χ0) is 17.0. The molecule has 23 heavy (non-hydrogen) atoms. The van der Waals surface area contributed by atoms with Gasteiger partial charge in [0.05, 0.1) is 6.54 Å². The standard InChI is InChI=1S/C17H24N4OS/c1-11(2)13-6-8-14(9-7-13)16(22)18-10-15-19-20-17(23-5)21(15)12(3)4/h6-9,11-12H,10H2,1-5H3,(H,18,22). The molecular formula is C17H24N4OS. The largest absolute Gasteiger partial charge is 0.345 e. The average Bonchev–Trinajstić information content (AvgIpc) is 2.95. The Balaban J connectivity index is 2.06. The van der Waals surface area contributed by atoms with E-state index in [9.17, 15) is 4.79 Å². The number of hydrogen-bond donors (Lipinski definition) is 1. The van der Waals surface area contributed by atoms with Gasteiger partial charge in [-0.05, 0) is 43.7 Å². The van der Waals surface area contributed by atoms with Crippen LogP contribution in [0.3, 0.4) is 0 Å². The molecule has 124 valence electrons. The number of amides is 1. The minimum atomic E-state index is -0.0932. The van der Waals surface area contributed by atoms with Crippen molar-refractivity contribution < 1.29 is 4.79 Å². The van der Waals surface area contributed by atoms with Gasteiger partial charge in [-0.3, -0.25) is 4.79 Å². The van der Waals surface area contributed by atoms with E-state index in [1.807, 2.05) is 35.1 Å². The van der Waals surface area contributed by atoms with Crippen molar-refractivity contribution in [2.75, 3.05) is 6.26 Å². The van der Waals surface area contributed by atoms with Crippen molar-refractivity contribution in [2.24, 2.45) is 0 Å². The van der Waals surface area contributed by atoms with Gasteiger partial charge in [0.25, 0.3) is 5.91 Å². The third kappa shape index (κ3) is 4.13. The second-order valence-corrected chi connectivity index (χ2v) is 6.80. The van der Waals surface area contributed by atoms with Crippen LogP contribution in [0.15, 0.2) is 29.4 Å². The average molecular weight is 332 g/mol. The fraction of sp³-hybridized carbons (Fsp3) is 0.471. The summed E-state index contributed by atoms with van der Waals surface area (Å²) < 4.78 is 2.05. The number of nitrogens with one attached hydrogen (secondary N) is 1. The molecule has 0 aliphatic rings. The number of rotatable bonds is 6. The third-order valence-electron chi connectivity index (χ3n) is 3.68. The summed E-state index contributed by atoms with van der Waals surface area (Å²) in [6.07, 6.45) is 1.97. The van der Waals surface area contributed by atoms with Crippen LogP contribution >= 0.6 is 11.8 Å². The van der Waals surface area contributed by atoms with E-state index in [1.165, 1.54) is 5.56 Å². The topological polar surface area (TPSA) is 59.8 Å². The predicted molar refractivity (Wildman–Crippen MR) is 93.9 cm³/mol. The van der Waals surface area contributed by atoms with E-state index in [0.717, 1.165) is 11.0 Å². The highest BCUT2D eigenvalue weighted by Gasteiger charge is 2.15. The van der Waals surface area contributed by atoms with Crippen LogP contribution in [-0.2, 0) is 6.54 Å². The fourth-order valence-corrected chi connectivity index (χ4v) is 3.00. The maximum atomic E-state index is 12.3. The molecule has 0 spiro atoms. The Bertz CT molecular complexity index is 662. The molecule has 1 aromatic carbocycles. The molecule has 1 amide bonds. The van der Waals surface area contributed by atoms with Crippen molar-refractivity contribution in [3.63, 3.8) is 0 Å². The number of thioether (sulfide) groups is 1. The van der Waals surface area contributed by atoms with Crippen LogP contribution in [0.25, 0.3) is 0 Å². The Morgan fingerprint density at radius 1 is 1.17 bits per heavy atom. The van der Waals surface area contributed by atoms with Crippen LogP contribution < -0.4 is 5.32 Å². The smallest absolute Gasteiger partial charge is 0.251 e. The first-order valence-electron chi connectivity index (χ1n) is 7.80. The molecule has 0 saturated heterocycles. The Morgan fingerprint density at radius 2 is 1.83 bits per heavy atom. The van der Waals surface area contributed by atoms with Crippen molar-refractivity contribution in [3.05, 3.63) is 41.2 Å². The van der Waals surface area contributed by atoms with Crippen LogP contribution in [0, 0.1) is 0 Å². The van der Waals surface area contributed by atoms with Gasteiger partial charge in [-0.1, -0.05) is 37.7 Å². The first-order chi connectivity index (χ1) is 10.9. The lowest BCUT2D eigenvalue weighted by Gasteiger charge is -2.13. The Labute approximate surface area is 141 Å². The van der Waals surface area contributed by atoms with Gasteiger partial charge in [0.15, 0.2) is 11.0 Å². The lowest BCUT2D eigenvalue weighted by molar-refractivity contribution is 0.0949. The molecule has 2 aromatic rings. The summed E-state index contributed by atoms with van der Waals surface area (Å²) in [5.41, 5.74) is 1.89. The van der Waals surface area contributed by atoms with Crippen LogP contribution in [-0.4, -0.2) is 26.9 Å². The van der Waals surface area contributed by atoms with Gasteiger partial charge >= 0.3 is 0 Å². The Kier molecular flexibility index (Phi) is 5.82. The number of nitrogens with zero attached hydrogens (tertiary/aromatic N) is 3. The molecule has 5 nitrogen and oxygen atoms in total. The van der Waals surface area contributed by atoms with Crippen LogP contribution in [0.4, 0.5) is 0 Å². The summed E-state index contributed by atoms with van der Waals surface area (Å²) in [7, 11) is 0. The van der Waals surface area contributed by atoms with Crippen molar-refractivity contribution in [2.45, 2.75) is 51.4 Å². The lowest BCUT2D eigenvalue weighted by atomic mass is 10.0. The number of carbonyl (C=O) groups is 1. The molecule has 0 bridgehead atoms. The van der Waals surface area contributed by atoms with E-state index in [-0.39, 0.29) is 11.9 Å². The van der Waals surface area contributed by atoms with Gasteiger partial charge in [0.1, 0.15) is 0 Å². The van der Waals surface area contributed by atoms with E-state index >= 15 is 0 Å². The molecule has 1 aromatic heterocycles. The van der Waals surface area contributed by atoms with Gasteiger partial charge in [0, 0.05) is 11.6 Å². The molecule has 0 saturated carbocycles. The van der Waals surface area contributed by atoms with Crippen LogP contribution in [0.2, 0.25) is 0 Å². The van der Waals surface area contributed by atoms with Crippen molar-refractivity contribution >= 4 is 17.7 Å². The normalized spacial score (nSPS) is 11.3. The van der Waals surface area contributed by atoms with Gasteiger partial charge in [-0.25, -0.2) is 0 Å². The lowest BCUT2D eigenvalue weighted by Crippen LogP contribution is -2.25. The van der Waals surface area contributed by atoms with E-state index < -0.39 is 0 Å². The summed E-state index contributed by atoms with van der Waals surface area (Å²) in [5, 5.41) is 12.1. The summed E-state index contributed by atoms with van der Waals surface area (Å²) in [6.45, 7) is 8.81. The molecule has 6 heteroatoms. The number of benzene rings is 1. The molecule has 0 atom stereocenters. The molecule has 0 unspecified atom stereocenters. The van der Waals surface area contributed by atoms with E-state index in [2.05, 4.69) is 43.2 Å². The van der Waals surface area contributed by atoms with Gasteiger partial charge in [-0.2, -0.15) is 0 Å². The minimum Gasteiger partial charge on any atom is -0.345 e. The highest BCUT2D eigenvalue weighted by molar-refractivity contribution is 7.98. The number of aromatic nitrogens is 3. The van der Waals surface area contributed by atoms with Crippen molar-refractivity contribution in [3.8, 4) is 0 Å². The monoisotopic (exact) mass is 332 g/mol. The van der Waals surface area contributed by atoms with Crippen molar-refractivity contribution in [1.82, 2.24) is 20.1 Å². The van der Waals surface area contributed by atoms with Crippen LogP contribution in [0.5, 0.6) is 0 Å². The molecule has 0 aliphatic carbocycles. The molecule has 0 fully saturated rings. The van der Waals surface area contributed by atoms with Gasteiger partial charge < -0.3 is 9.88 Å². The maximum Gasteiger partial charge on any atom is 0.251 e. The summed E-state index contributed by atoms with van der Waals surface area (Å²) >= 11 is 1.56. The number of hydrogen-bond acceptors (Lipinski definition) is 4. The van der Waals surface area contributed by atoms with E-state index in [0.29, 0.717) is 18.0 Å². The molecule has 0 aliphatic heterocycles. The highest BCUT2D eigenvalue weighted by Crippen LogP contribution is 2.19.